The van der Waals surface area contributed by atoms with Crippen molar-refractivity contribution in [1.29, 1.82) is 0 Å². The Labute approximate surface area is 164 Å². The summed E-state index contributed by atoms with van der Waals surface area (Å²) in [5.41, 5.74) is 0.0362. The number of nitrogens with zero attached hydrogens (tertiary/aromatic N) is 2. The molecule has 1 amide bonds. The molecule has 3 heterocycles. The molecule has 1 aliphatic heterocycles. The highest BCUT2D eigenvalue weighted by molar-refractivity contribution is 7.20. The quantitative estimate of drug-likeness (QED) is 0.443. The lowest BCUT2D eigenvalue weighted by atomic mass is 10.2. The molecule has 6 nitrogen and oxygen atoms in total. The summed E-state index contributed by atoms with van der Waals surface area (Å²) >= 11 is 3.00. The Hall–Kier alpha value is -2.29. The van der Waals surface area contributed by atoms with E-state index in [9.17, 15) is 14.9 Å². The molecule has 0 saturated carbocycles. The van der Waals surface area contributed by atoms with E-state index in [0.29, 0.717) is 18.0 Å². The largest absolute Gasteiger partial charge is 0.376 e. The Morgan fingerprint density at radius 2 is 2.22 bits per heavy atom. The van der Waals surface area contributed by atoms with E-state index in [2.05, 4.69) is 0 Å². The minimum atomic E-state index is -0.418. The third-order valence-corrected chi connectivity index (χ3v) is 6.55. The van der Waals surface area contributed by atoms with Gasteiger partial charge in [-0.3, -0.25) is 14.9 Å². The zero-order chi connectivity index (χ0) is 18.8. The predicted molar refractivity (Wildman–Crippen MR) is 107 cm³/mol. The van der Waals surface area contributed by atoms with Gasteiger partial charge in [-0.1, -0.05) is 6.07 Å². The zero-order valence-corrected chi connectivity index (χ0v) is 16.1. The number of nitro benzene ring substituents is 1. The molecule has 3 aromatic rings. The smallest absolute Gasteiger partial charge is 0.270 e. The Morgan fingerprint density at radius 3 is 2.93 bits per heavy atom. The van der Waals surface area contributed by atoms with Crippen LogP contribution in [0.1, 0.15) is 27.4 Å². The molecule has 8 heteroatoms. The van der Waals surface area contributed by atoms with Gasteiger partial charge in [-0.2, -0.15) is 0 Å². The van der Waals surface area contributed by atoms with Crippen LogP contribution in [0.5, 0.6) is 0 Å². The maximum absolute atomic E-state index is 13.2. The number of benzene rings is 1. The molecule has 1 atom stereocenters. The monoisotopic (exact) mass is 402 g/mol. The van der Waals surface area contributed by atoms with E-state index in [-0.39, 0.29) is 17.7 Å². The second kappa shape index (κ2) is 7.75. The molecule has 1 saturated heterocycles. The van der Waals surface area contributed by atoms with Crippen molar-refractivity contribution in [3.05, 3.63) is 61.6 Å². The Kier molecular flexibility index (Phi) is 5.20. The molecule has 1 unspecified atom stereocenters. The second-order valence-corrected chi connectivity index (χ2v) is 8.61. The summed E-state index contributed by atoms with van der Waals surface area (Å²) in [6.45, 7) is 1.86. The Bertz CT molecular complexity index is 961. The van der Waals surface area contributed by atoms with E-state index in [1.165, 1.54) is 23.5 Å². The van der Waals surface area contributed by atoms with Crippen molar-refractivity contribution in [2.45, 2.75) is 25.5 Å². The fourth-order valence-electron chi connectivity index (χ4n) is 3.25. The fourth-order valence-corrected chi connectivity index (χ4v) is 4.98. The summed E-state index contributed by atoms with van der Waals surface area (Å²) in [4.78, 5) is 27.3. The van der Waals surface area contributed by atoms with Gasteiger partial charge in [-0.15, -0.1) is 22.7 Å². The van der Waals surface area contributed by atoms with Crippen molar-refractivity contribution < 1.29 is 14.5 Å². The molecule has 0 radical (unpaired) electrons. The first kappa shape index (κ1) is 18.1. The average molecular weight is 402 g/mol. The van der Waals surface area contributed by atoms with Crippen molar-refractivity contribution in [1.82, 2.24) is 4.90 Å². The minimum Gasteiger partial charge on any atom is -0.376 e. The third kappa shape index (κ3) is 4.02. The first-order chi connectivity index (χ1) is 13.1. The number of nitro groups is 1. The van der Waals surface area contributed by atoms with Crippen molar-refractivity contribution in [2.75, 3.05) is 13.2 Å². The van der Waals surface area contributed by atoms with E-state index in [1.807, 2.05) is 22.4 Å². The summed E-state index contributed by atoms with van der Waals surface area (Å²) < 4.78 is 6.60. The summed E-state index contributed by atoms with van der Waals surface area (Å²) in [6.07, 6.45) is 2.06. The molecule has 0 N–H and O–H groups in total. The highest BCUT2D eigenvalue weighted by Gasteiger charge is 2.25. The van der Waals surface area contributed by atoms with E-state index < -0.39 is 4.92 Å². The van der Waals surface area contributed by atoms with Crippen molar-refractivity contribution >= 4 is 44.4 Å². The third-order valence-electron chi connectivity index (χ3n) is 4.58. The molecule has 0 aliphatic carbocycles. The number of fused-ring (bicyclic) bond motifs is 1. The standard InChI is InChI=1S/C19H18N2O4S2/c22-19(18-10-13-9-14(21(23)24)5-6-17(13)27-18)20(11-15-3-1-7-25-15)12-16-4-2-8-26-16/h2,4-6,8-10,15H,1,3,7,11-12H2. The van der Waals surface area contributed by atoms with Gasteiger partial charge >= 0.3 is 0 Å². The summed E-state index contributed by atoms with van der Waals surface area (Å²) in [5, 5.41) is 13.7. The van der Waals surface area contributed by atoms with Gasteiger partial charge in [0.2, 0.25) is 0 Å². The first-order valence-corrected chi connectivity index (χ1v) is 10.4. The molecule has 4 rings (SSSR count). The molecular weight excluding hydrogens is 384 g/mol. The normalized spacial score (nSPS) is 16.7. The van der Waals surface area contributed by atoms with Crippen molar-refractivity contribution in [3.8, 4) is 0 Å². The fraction of sp³-hybridized carbons (Fsp3) is 0.316. The van der Waals surface area contributed by atoms with Crippen LogP contribution in [0.2, 0.25) is 0 Å². The highest BCUT2D eigenvalue weighted by Crippen LogP contribution is 2.30. The number of ether oxygens (including phenoxy) is 1. The number of hydrogen-bond donors (Lipinski definition) is 0. The Balaban J connectivity index is 1.61. The summed E-state index contributed by atoms with van der Waals surface area (Å²) in [5.74, 6) is -0.0530. The molecule has 140 valence electrons. The number of carbonyl (C=O) groups excluding carboxylic acids is 1. The number of non-ortho nitro benzene ring substituents is 1. The van der Waals surface area contributed by atoms with Crippen LogP contribution in [-0.2, 0) is 11.3 Å². The number of rotatable bonds is 6. The average Bonchev–Trinajstić information content (AvgIpc) is 3.41. The number of carbonyl (C=O) groups is 1. The maximum Gasteiger partial charge on any atom is 0.270 e. The molecule has 1 aromatic carbocycles. The molecule has 0 spiro atoms. The van der Waals surface area contributed by atoms with Crippen LogP contribution in [0.4, 0.5) is 5.69 Å². The number of thiophene rings is 2. The SMILES string of the molecule is O=C(c1cc2cc([N+](=O)[O-])ccc2s1)N(Cc1cccs1)CC1CCCO1. The van der Waals surface area contributed by atoms with E-state index in [0.717, 1.165) is 34.4 Å². The molecule has 1 aliphatic rings. The lowest BCUT2D eigenvalue weighted by Crippen LogP contribution is -2.36. The van der Waals surface area contributed by atoms with Gasteiger partial charge in [0.15, 0.2) is 0 Å². The van der Waals surface area contributed by atoms with Crippen LogP contribution in [0.25, 0.3) is 10.1 Å². The molecule has 27 heavy (non-hydrogen) atoms. The van der Waals surface area contributed by atoms with E-state index in [4.69, 9.17) is 4.74 Å². The van der Waals surface area contributed by atoms with E-state index in [1.54, 1.807) is 23.5 Å². The van der Waals surface area contributed by atoms with Crippen molar-refractivity contribution in [3.63, 3.8) is 0 Å². The van der Waals surface area contributed by atoms with Crippen LogP contribution in [0, 0.1) is 10.1 Å². The topological polar surface area (TPSA) is 72.7 Å². The molecular formula is C19H18N2O4S2. The number of amides is 1. The predicted octanol–water partition coefficient (Wildman–Crippen LogP) is 4.69. The summed E-state index contributed by atoms with van der Waals surface area (Å²) in [7, 11) is 0. The van der Waals surface area contributed by atoms with Gasteiger partial charge in [0, 0.05) is 40.2 Å². The van der Waals surface area contributed by atoms with Gasteiger partial charge in [0.05, 0.1) is 22.4 Å². The van der Waals surface area contributed by atoms with Crippen LogP contribution < -0.4 is 0 Å². The van der Waals surface area contributed by atoms with E-state index >= 15 is 0 Å². The number of hydrogen-bond acceptors (Lipinski definition) is 6. The minimum absolute atomic E-state index is 0.0362. The Morgan fingerprint density at radius 1 is 1.33 bits per heavy atom. The molecule has 2 aromatic heterocycles. The van der Waals surface area contributed by atoms with Crippen LogP contribution in [0.3, 0.4) is 0 Å². The van der Waals surface area contributed by atoms with Crippen LogP contribution in [0.15, 0.2) is 41.8 Å². The van der Waals surface area contributed by atoms with Crippen LogP contribution in [-0.4, -0.2) is 35.0 Å². The highest BCUT2D eigenvalue weighted by atomic mass is 32.1. The zero-order valence-electron chi connectivity index (χ0n) is 14.5. The van der Waals surface area contributed by atoms with Crippen molar-refractivity contribution in [2.24, 2.45) is 0 Å². The van der Waals surface area contributed by atoms with Gasteiger partial charge in [-0.25, -0.2) is 0 Å². The molecule has 1 fully saturated rings. The van der Waals surface area contributed by atoms with Gasteiger partial charge in [-0.05, 0) is 36.4 Å². The van der Waals surface area contributed by atoms with Gasteiger partial charge in [0.25, 0.3) is 11.6 Å². The van der Waals surface area contributed by atoms with Crippen LogP contribution >= 0.6 is 22.7 Å². The lowest BCUT2D eigenvalue weighted by Gasteiger charge is -2.24. The summed E-state index contributed by atoms with van der Waals surface area (Å²) in [6, 6.07) is 10.5. The lowest BCUT2D eigenvalue weighted by molar-refractivity contribution is -0.384. The maximum atomic E-state index is 13.2. The van der Waals surface area contributed by atoms with Gasteiger partial charge < -0.3 is 9.64 Å². The first-order valence-electron chi connectivity index (χ1n) is 8.71. The van der Waals surface area contributed by atoms with Gasteiger partial charge in [0.1, 0.15) is 0 Å². The molecule has 0 bridgehead atoms. The second-order valence-electron chi connectivity index (χ2n) is 6.49.